The van der Waals surface area contributed by atoms with E-state index in [2.05, 4.69) is 10.6 Å². The molecule has 2 rings (SSSR count). The summed E-state index contributed by atoms with van der Waals surface area (Å²) in [6.07, 6.45) is -4.76. The van der Waals surface area contributed by atoms with Crippen LogP contribution in [0.2, 0.25) is 0 Å². The number of nitrogens with one attached hydrogen (secondary N) is 2. The van der Waals surface area contributed by atoms with E-state index in [-0.39, 0.29) is 13.0 Å². The van der Waals surface area contributed by atoms with Crippen LogP contribution in [-0.2, 0) is 6.42 Å². The molecular weight excluding hydrogens is 329 g/mol. The third-order valence-corrected chi connectivity index (χ3v) is 4.84. The number of aryl methyl sites for hydroxylation is 1. The lowest BCUT2D eigenvalue weighted by atomic mass is 10.0. The average Bonchev–Trinajstić information content (AvgIpc) is 2.91. The molecule has 1 atom stereocenters. The van der Waals surface area contributed by atoms with Gasteiger partial charge in [0.25, 0.3) is 0 Å². The molecule has 23 heavy (non-hydrogen) atoms. The van der Waals surface area contributed by atoms with Crippen LogP contribution in [0.25, 0.3) is 0 Å². The van der Waals surface area contributed by atoms with Crippen LogP contribution in [0.3, 0.4) is 0 Å². The number of aliphatic hydroxyl groups is 1. The molecule has 1 aromatic rings. The van der Waals surface area contributed by atoms with Crippen LogP contribution in [0, 0.1) is 0 Å². The van der Waals surface area contributed by atoms with E-state index < -0.39 is 24.2 Å². The van der Waals surface area contributed by atoms with Crippen molar-refractivity contribution < 1.29 is 23.1 Å². The van der Waals surface area contributed by atoms with Crippen LogP contribution >= 0.6 is 11.8 Å². The van der Waals surface area contributed by atoms with E-state index >= 15 is 0 Å². The Kier molecular flexibility index (Phi) is 5.80. The molecule has 1 saturated heterocycles. The second kappa shape index (κ2) is 7.44. The molecule has 2 amide bonds. The van der Waals surface area contributed by atoms with Gasteiger partial charge in [0.2, 0.25) is 0 Å². The third kappa shape index (κ3) is 5.95. The van der Waals surface area contributed by atoms with E-state index in [0.717, 1.165) is 5.75 Å². The van der Waals surface area contributed by atoms with Crippen molar-refractivity contribution >= 4 is 23.5 Å². The number of rotatable bonds is 5. The highest BCUT2D eigenvalue weighted by Gasteiger charge is 2.32. The minimum Gasteiger partial charge on any atom is -0.387 e. The van der Waals surface area contributed by atoms with E-state index in [1.54, 1.807) is 36.0 Å². The van der Waals surface area contributed by atoms with E-state index in [1.165, 1.54) is 0 Å². The van der Waals surface area contributed by atoms with Gasteiger partial charge in [-0.25, -0.2) is 4.79 Å². The maximum absolute atomic E-state index is 12.3. The molecule has 0 saturated carbocycles. The van der Waals surface area contributed by atoms with E-state index in [9.17, 15) is 23.1 Å². The molecule has 1 unspecified atom stereocenters. The van der Waals surface area contributed by atoms with Gasteiger partial charge >= 0.3 is 12.2 Å². The summed E-state index contributed by atoms with van der Waals surface area (Å²) in [5.74, 6) is 1.41. The Bertz CT molecular complexity index is 546. The van der Waals surface area contributed by atoms with E-state index in [0.29, 0.717) is 23.4 Å². The number of carbonyl (C=O) groups is 1. The van der Waals surface area contributed by atoms with Gasteiger partial charge in [0, 0.05) is 24.4 Å². The zero-order valence-corrected chi connectivity index (χ0v) is 13.3. The summed E-state index contributed by atoms with van der Waals surface area (Å²) in [7, 11) is 0. The van der Waals surface area contributed by atoms with Gasteiger partial charge in [0.15, 0.2) is 0 Å². The molecular formula is C15H19F3N2O2S. The zero-order valence-electron chi connectivity index (χ0n) is 12.4. The highest BCUT2D eigenvalue weighted by molar-refractivity contribution is 7.99. The van der Waals surface area contributed by atoms with Crippen LogP contribution in [-0.4, -0.2) is 41.0 Å². The summed E-state index contributed by atoms with van der Waals surface area (Å²) in [4.78, 5) is 11.9. The second-order valence-electron chi connectivity index (χ2n) is 5.61. The second-order valence-corrected chi connectivity index (χ2v) is 6.71. The van der Waals surface area contributed by atoms with Crippen molar-refractivity contribution in [1.29, 1.82) is 0 Å². The van der Waals surface area contributed by atoms with E-state index in [4.69, 9.17) is 0 Å². The van der Waals surface area contributed by atoms with E-state index in [1.807, 2.05) is 0 Å². The van der Waals surface area contributed by atoms with Crippen LogP contribution in [0.1, 0.15) is 18.4 Å². The van der Waals surface area contributed by atoms with Gasteiger partial charge in [0.05, 0.1) is 5.60 Å². The summed E-state index contributed by atoms with van der Waals surface area (Å²) in [6.45, 7) is 0.122. The Hall–Kier alpha value is -1.41. The number of alkyl halides is 3. The summed E-state index contributed by atoms with van der Waals surface area (Å²) in [6, 6.07) is 5.87. The number of anilines is 1. The maximum atomic E-state index is 12.3. The first-order valence-corrected chi connectivity index (χ1v) is 8.43. The lowest BCUT2D eigenvalue weighted by Crippen LogP contribution is -2.44. The van der Waals surface area contributed by atoms with Crippen molar-refractivity contribution in [3.63, 3.8) is 0 Å². The molecule has 4 nitrogen and oxygen atoms in total. The number of carbonyl (C=O) groups excluding carboxylic acids is 1. The van der Waals surface area contributed by atoms with Crippen molar-refractivity contribution in [3.05, 3.63) is 29.8 Å². The van der Waals surface area contributed by atoms with Crippen molar-refractivity contribution in [2.45, 2.75) is 31.0 Å². The molecule has 1 aliphatic heterocycles. The fourth-order valence-electron chi connectivity index (χ4n) is 2.28. The molecule has 0 aromatic heterocycles. The zero-order chi connectivity index (χ0) is 16.9. The van der Waals surface area contributed by atoms with Crippen LogP contribution in [0.15, 0.2) is 24.3 Å². The lowest BCUT2D eigenvalue weighted by Gasteiger charge is -2.22. The number of benzene rings is 1. The number of hydrogen-bond acceptors (Lipinski definition) is 3. The molecule has 8 heteroatoms. The Morgan fingerprint density at radius 1 is 1.35 bits per heavy atom. The minimum atomic E-state index is -4.24. The van der Waals surface area contributed by atoms with Crippen LogP contribution < -0.4 is 10.6 Å². The monoisotopic (exact) mass is 348 g/mol. The summed E-state index contributed by atoms with van der Waals surface area (Å²) in [5, 5.41) is 15.3. The van der Waals surface area contributed by atoms with Gasteiger partial charge in [-0.1, -0.05) is 18.2 Å². The van der Waals surface area contributed by atoms with Crippen molar-refractivity contribution in [2.75, 3.05) is 23.4 Å². The fraction of sp³-hybridized carbons (Fsp3) is 0.533. The fourth-order valence-corrected chi connectivity index (χ4v) is 3.58. The molecule has 0 radical (unpaired) electrons. The van der Waals surface area contributed by atoms with Gasteiger partial charge in [0.1, 0.15) is 0 Å². The van der Waals surface area contributed by atoms with Gasteiger partial charge in [-0.15, -0.1) is 0 Å². The highest BCUT2D eigenvalue weighted by Crippen LogP contribution is 2.27. The number of halogens is 3. The molecule has 1 aromatic carbocycles. The van der Waals surface area contributed by atoms with Gasteiger partial charge in [-0.3, -0.25) is 0 Å². The average molecular weight is 348 g/mol. The standard InChI is InChI=1S/C15H19F3N2O2S/c16-15(17,18)6-5-11-3-1-2-4-12(11)20-13(21)19-9-14(22)7-8-23-10-14/h1-4,22H,5-10H2,(H2,19,20,21). The molecule has 0 aliphatic carbocycles. The Morgan fingerprint density at radius 2 is 2.09 bits per heavy atom. The molecule has 0 bridgehead atoms. The van der Waals surface area contributed by atoms with Crippen LogP contribution in [0.4, 0.5) is 23.7 Å². The predicted octanol–water partition coefficient (Wildman–Crippen LogP) is 3.17. The number of hydrogen-bond donors (Lipinski definition) is 3. The minimum absolute atomic E-state index is 0.122. The molecule has 128 valence electrons. The third-order valence-electron chi connectivity index (χ3n) is 3.60. The van der Waals surface area contributed by atoms with Gasteiger partial charge < -0.3 is 15.7 Å². The van der Waals surface area contributed by atoms with Gasteiger partial charge in [-0.2, -0.15) is 24.9 Å². The van der Waals surface area contributed by atoms with Crippen molar-refractivity contribution in [2.24, 2.45) is 0 Å². The number of urea groups is 1. The molecule has 1 heterocycles. The first-order chi connectivity index (χ1) is 10.8. The maximum Gasteiger partial charge on any atom is 0.389 e. The summed E-state index contributed by atoms with van der Waals surface area (Å²) >= 11 is 1.62. The number of thioether (sulfide) groups is 1. The number of para-hydroxylation sites is 1. The SMILES string of the molecule is O=C(NCC1(O)CCSC1)Nc1ccccc1CCC(F)(F)F. The Morgan fingerprint density at radius 3 is 2.74 bits per heavy atom. The highest BCUT2D eigenvalue weighted by atomic mass is 32.2. The topological polar surface area (TPSA) is 61.4 Å². The molecule has 1 aliphatic rings. The van der Waals surface area contributed by atoms with Crippen molar-refractivity contribution in [3.8, 4) is 0 Å². The first-order valence-electron chi connectivity index (χ1n) is 7.27. The quantitative estimate of drug-likeness (QED) is 0.766. The smallest absolute Gasteiger partial charge is 0.387 e. The summed E-state index contributed by atoms with van der Waals surface area (Å²) < 4.78 is 37.0. The molecule has 0 spiro atoms. The summed E-state index contributed by atoms with van der Waals surface area (Å²) in [5.41, 5.74) is -0.130. The first kappa shape index (κ1) is 17.9. The Balaban J connectivity index is 1.90. The van der Waals surface area contributed by atoms with Crippen molar-refractivity contribution in [1.82, 2.24) is 5.32 Å². The number of amides is 2. The molecule has 3 N–H and O–H groups in total. The normalized spacial score (nSPS) is 21.2. The predicted molar refractivity (Wildman–Crippen MR) is 84.7 cm³/mol. The van der Waals surface area contributed by atoms with Gasteiger partial charge in [-0.05, 0) is 30.2 Å². The largest absolute Gasteiger partial charge is 0.389 e. The molecule has 1 fully saturated rings. The Labute approximate surface area is 136 Å². The lowest BCUT2D eigenvalue weighted by molar-refractivity contribution is -0.133. The van der Waals surface area contributed by atoms with Crippen LogP contribution in [0.5, 0.6) is 0 Å².